The number of benzene rings is 2. The predicted molar refractivity (Wildman–Crippen MR) is 110 cm³/mol. The number of piperidine rings is 1. The molecule has 2 aromatic carbocycles. The highest BCUT2D eigenvalue weighted by molar-refractivity contribution is 5.75. The van der Waals surface area contributed by atoms with E-state index >= 15 is 0 Å². The number of nitrogens with zero attached hydrogens (tertiary/aromatic N) is 1. The molecule has 2 N–H and O–H groups in total. The Morgan fingerprint density at radius 1 is 1.00 bits per heavy atom. The van der Waals surface area contributed by atoms with Crippen molar-refractivity contribution in [2.75, 3.05) is 13.7 Å². The molecular weight excluding hydrogens is 370 g/mol. The Balaban J connectivity index is 0.000000234. The van der Waals surface area contributed by atoms with Crippen LogP contribution in [0.1, 0.15) is 49.5 Å². The van der Waals surface area contributed by atoms with E-state index in [1.807, 2.05) is 18.2 Å². The van der Waals surface area contributed by atoms with Crippen LogP contribution in [0.2, 0.25) is 0 Å². The summed E-state index contributed by atoms with van der Waals surface area (Å²) in [5.41, 5.74) is 1.66. The number of methoxy groups -OCH3 is 1. The van der Waals surface area contributed by atoms with E-state index in [2.05, 4.69) is 24.0 Å². The number of carbonyl (C=O) groups is 2. The summed E-state index contributed by atoms with van der Waals surface area (Å²) in [7, 11) is 1.47. The van der Waals surface area contributed by atoms with E-state index in [4.69, 9.17) is 14.9 Å². The van der Waals surface area contributed by atoms with Crippen LogP contribution in [0.3, 0.4) is 0 Å². The zero-order valence-electron chi connectivity index (χ0n) is 16.9. The molecule has 0 bridgehead atoms. The molecule has 1 heterocycles. The Morgan fingerprint density at radius 2 is 1.55 bits per heavy atom. The molecule has 6 heteroatoms. The van der Waals surface area contributed by atoms with Crippen LogP contribution in [0.15, 0.2) is 60.7 Å². The quantitative estimate of drug-likeness (QED) is 0.748. The summed E-state index contributed by atoms with van der Waals surface area (Å²) in [4.78, 5) is 24.4. The number of aliphatic carboxylic acids is 1. The zero-order valence-corrected chi connectivity index (χ0v) is 16.9. The lowest BCUT2D eigenvalue weighted by Gasteiger charge is -2.38. The number of likely N-dealkylation sites (tertiary alicyclic amines) is 1. The second-order valence-electron chi connectivity index (χ2n) is 7.01. The average Bonchev–Trinajstić information content (AvgIpc) is 2.79. The number of carboxylic acids is 1. The Hall–Kier alpha value is -2.70. The zero-order chi connectivity index (χ0) is 21.2. The predicted octanol–water partition coefficient (Wildman–Crippen LogP) is 3.58. The minimum Gasteiger partial charge on any atom is -0.479 e. The summed E-state index contributed by atoms with van der Waals surface area (Å²) >= 11 is 0. The highest BCUT2D eigenvalue weighted by Crippen LogP contribution is 2.28. The maximum absolute atomic E-state index is 11.8. The molecule has 0 spiro atoms. The molecule has 0 saturated carbocycles. The average molecular weight is 399 g/mol. The van der Waals surface area contributed by atoms with Crippen LogP contribution >= 0.6 is 0 Å². The SMILES string of the molecule is COC(=O)C1CCCCN1C(C)c1ccccc1.O=C(O)C(O)c1ccccc1. The molecule has 3 atom stereocenters. The van der Waals surface area contributed by atoms with E-state index in [1.165, 1.54) is 12.7 Å². The molecule has 0 aliphatic carbocycles. The normalized spacial score (nSPS) is 18.7. The number of carboxylic acid groups (broad SMARTS) is 1. The number of rotatable bonds is 5. The highest BCUT2D eigenvalue weighted by atomic mass is 16.5. The Kier molecular flexibility index (Phi) is 8.83. The van der Waals surface area contributed by atoms with E-state index in [1.54, 1.807) is 30.3 Å². The molecular formula is C23H29NO5. The first-order chi connectivity index (χ1) is 14.0. The minimum atomic E-state index is -1.41. The van der Waals surface area contributed by atoms with Crippen molar-refractivity contribution in [1.29, 1.82) is 0 Å². The second-order valence-corrected chi connectivity index (χ2v) is 7.01. The van der Waals surface area contributed by atoms with E-state index in [9.17, 15) is 9.59 Å². The van der Waals surface area contributed by atoms with Gasteiger partial charge in [-0.05, 0) is 37.4 Å². The third-order valence-corrected chi connectivity index (χ3v) is 5.15. The molecule has 0 amide bonds. The number of ether oxygens (including phenoxy) is 1. The fourth-order valence-electron chi connectivity index (χ4n) is 3.51. The summed E-state index contributed by atoms with van der Waals surface area (Å²) in [6.07, 6.45) is 1.77. The smallest absolute Gasteiger partial charge is 0.337 e. The van der Waals surface area contributed by atoms with Crippen molar-refractivity contribution >= 4 is 11.9 Å². The van der Waals surface area contributed by atoms with Crippen LogP contribution in [0.5, 0.6) is 0 Å². The number of carbonyl (C=O) groups excluding carboxylic acids is 1. The lowest BCUT2D eigenvalue weighted by molar-refractivity contribution is -0.149. The molecule has 29 heavy (non-hydrogen) atoms. The lowest BCUT2D eigenvalue weighted by atomic mass is 9.97. The van der Waals surface area contributed by atoms with Gasteiger partial charge in [0.25, 0.3) is 0 Å². The number of hydrogen-bond donors (Lipinski definition) is 2. The molecule has 1 aliphatic rings. The van der Waals surface area contributed by atoms with Gasteiger partial charge in [-0.3, -0.25) is 9.69 Å². The van der Waals surface area contributed by atoms with Gasteiger partial charge in [-0.15, -0.1) is 0 Å². The molecule has 3 rings (SSSR count). The number of esters is 1. The Labute approximate surface area is 171 Å². The Morgan fingerprint density at radius 3 is 2.07 bits per heavy atom. The maximum atomic E-state index is 11.8. The van der Waals surface area contributed by atoms with Crippen LogP contribution in [0, 0.1) is 0 Å². The Bertz CT molecular complexity index is 765. The van der Waals surface area contributed by atoms with E-state index in [0.717, 1.165) is 25.8 Å². The van der Waals surface area contributed by atoms with Gasteiger partial charge in [0, 0.05) is 6.04 Å². The van der Waals surface area contributed by atoms with Crippen molar-refractivity contribution in [2.24, 2.45) is 0 Å². The van der Waals surface area contributed by atoms with Crippen molar-refractivity contribution < 1.29 is 24.5 Å². The first kappa shape index (κ1) is 22.6. The van der Waals surface area contributed by atoms with E-state index < -0.39 is 12.1 Å². The van der Waals surface area contributed by atoms with Gasteiger partial charge >= 0.3 is 11.9 Å². The highest BCUT2D eigenvalue weighted by Gasteiger charge is 2.32. The summed E-state index contributed by atoms with van der Waals surface area (Å²) in [6.45, 7) is 3.13. The van der Waals surface area contributed by atoms with Crippen molar-refractivity contribution in [1.82, 2.24) is 4.90 Å². The van der Waals surface area contributed by atoms with E-state index in [-0.39, 0.29) is 18.1 Å². The van der Waals surface area contributed by atoms with Gasteiger partial charge in [0.15, 0.2) is 6.10 Å². The molecule has 3 unspecified atom stereocenters. The van der Waals surface area contributed by atoms with Gasteiger partial charge < -0.3 is 14.9 Å². The topological polar surface area (TPSA) is 87.1 Å². The summed E-state index contributed by atoms with van der Waals surface area (Å²) in [6, 6.07) is 18.8. The van der Waals surface area contributed by atoms with Crippen molar-refractivity contribution in [3.8, 4) is 0 Å². The molecule has 1 fully saturated rings. The summed E-state index contributed by atoms with van der Waals surface area (Å²) in [5.74, 6) is -1.33. The van der Waals surface area contributed by atoms with Crippen molar-refractivity contribution in [2.45, 2.75) is 44.4 Å². The second kappa shape index (κ2) is 11.3. The van der Waals surface area contributed by atoms with Gasteiger partial charge in [-0.25, -0.2) is 4.79 Å². The van der Waals surface area contributed by atoms with Gasteiger partial charge in [0.1, 0.15) is 6.04 Å². The summed E-state index contributed by atoms with van der Waals surface area (Å²) in [5, 5.41) is 17.4. The molecule has 1 saturated heterocycles. The first-order valence-electron chi connectivity index (χ1n) is 9.80. The fraction of sp³-hybridized carbons (Fsp3) is 0.391. The van der Waals surface area contributed by atoms with Crippen molar-refractivity contribution in [3.05, 3.63) is 71.8 Å². The molecule has 156 valence electrons. The van der Waals surface area contributed by atoms with Crippen molar-refractivity contribution in [3.63, 3.8) is 0 Å². The largest absolute Gasteiger partial charge is 0.479 e. The molecule has 2 aromatic rings. The van der Waals surface area contributed by atoms with Gasteiger partial charge in [0.05, 0.1) is 7.11 Å². The van der Waals surface area contributed by atoms with Crippen LogP contribution in [0.4, 0.5) is 0 Å². The molecule has 1 aliphatic heterocycles. The standard InChI is InChI=1S/C15H21NO2.C8H8O3/c1-12(13-8-4-3-5-9-13)16-11-7-6-10-14(16)15(17)18-2;9-7(8(10)11)6-4-2-1-3-5-6/h3-5,8-9,12,14H,6-7,10-11H2,1-2H3;1-5,7,9H,(H,10,11). The van der Waals surface area contributed by atoms with Crippen LogP contribution < -0.4 is 0 Å². The van der Waals surface area contributed by atoms with Crippen LogP contribution in [-0.2, 0) is 14.3 Å². The number of aliphatic hydroxyl groups excluding tert-OH is 1. The first-order valence-corrected chi connectivity index (χ1v) is 9.80. The maximum Gasteiger partial charge on any atom is 0.337 e. The molecule has 0 radical (unpaired) electrons. The van der Waals surface area contributed by atoms with Crippen LogP contribution in [-0.4, -0.2) is 46.7 Å². The summed E-state index contributed by atoms with van der Waals surface area (Å²) < 4.78 is 4.93. The number of hydrogen-bond acceptors (Lipinski definition) is 5. The van der Waals surface area contributed by atoms with Crippen LogP contribution in [0.25, 0.3) is 0 Å². The molecule has 0 aromatic heterocycles. The molecule has 6 nitrogen and oxygen atoms in total. The minimum absolute atomic E-state index is 0.0843. The van der Waals surface area contributed by atoms with Gasteiger partial charge in [-0.2, -0.15) is 0 Å². The lowest BCUT2D eigenvalue weighted by Crippen LogP contribution is -2.46. The van der Waals surface area contributed by atoms with Gasteiger partial charge in [-0.1, -0.05) is 67.1 Å². The number of aliphatic hydroxyl groups is 1. The van der Waals surface area contributed by atoms with Gasteiger partial charge in [0.2, 0.25) is 0 Å². The fourth-order valence-corrected chi connectivity index (χ4v) is 3.51. The monoisotopic (exact) mass is 399 g/mol. The van der Waals surface area contributed by atoms with E-state index in [0.29, 0.717) is 5.56 Å². The third-order valence-electron chi connectivity index (χ3n) is 5.15. The third kappa shape index (κ3) is 6.41.